The Morgan fingerprint density at radius 2 is 1.67 bits per heavy atom. The molecule has 0 bridgehead atoms. The van der Waals surface area contributed by atoms with E-state index in [9.17, 15) is 0 Å². The van der Waals surface area contributed by atoms with E-state index >= 15 is 0 Å². The number of aryl methyl sites for hydroxylation is 2. The molecule has 1 aliphatic heterocycles. The van der Waals surface area contributed by atoms with Crippen LogP contribution in [-0.4, -0.2) is 29.1 Å². The van der Waals surface area contributed by atoms with Crippen LogP contribution in [0.3, 0.4) is 0 Å². The van der Waals surface area contributed by atoms with Gasteiger partial charge in [-0.2, -0.15) is 0 Å². The molecule has 152 valence electrons. The van der Waals surface area contributed by atoms with Gasteiger partial charge in [-0.25, -0.2) is 4.98 Å². The van der Waals surface area contributed by atoms with Gasteiger partial charge in [-0.1, -0.05) is 41.5 Å². The minimum atomic E-state index is 0.290. The highest BCUT2D eigenvalue weighted by molar-refractivity contribution is 7.21. The van der Waals surface area contributed by atoms with Crippen LogP contribution in [0.2, 0.25) is 0 Å². The third kappa shape index (κ3) is 3.59. The van der Waals surface area contributed by atoms with Crippen molar-refractivity contribution in [2.75, 3.05) is 18.0 Å². The van der Waals surface area contributed by atoms with Crippen molar-refractivity contribution in [2.24, 2.45) is 5.73 Å². The van der Waals surface area contributed by atoms with Gasteiger partial charge in [0.05, 0.1) is 21.5 Å². The van der Waals surface area contributed by atoms with Crippen LogP contribution in [-0.2, 0) is 0 Å². The van der Waals surface area contributed by atoms with Crippen molar-refractivity contribution in [3.8, 4) is 21.7 Å². The molecule has 1 fully saturated rings. The van der Waals surface area contributed by atoms with Crippen molar-refractivity contribution in [3.05, 3.63) is 66.0 Å². The Morgan fingerprint density at radius 3 is 2.40 bits per heavy atom. The van der Waals surface area contributed by atoms with Gasteiger partial charge in [-0.15, -0.1) is 11.3 Å². The Hall–Kier alpha value is -2.76. The normalized spacial score (nSPS) is 15.1. The van der Waals surface area contributed by atoms with Crippen molar-refractivity contribution >= 4 is 27.2 Å². The summed E-state index contributed by atoms with van der Waals surface area (Å²) >= 11 is 1.74. The summed E-state index contributed by atoms with van der Waals surface area (Å²) in [4.78, 5) is 12.1. The molecule has 0 spiro atoms. The van der Waals surface area contributed by atoms with Gasteiger partial charge >= 0.3 is 0 Å². The first kappa shape index (κ1) is 19.2. The minimum absolute atomic E-state index is 0.290. The molecule has 4 nitrogen and oxygen atoms in total. The molecule has 30 heavy (non-hydrogen) atoms. The Morgan fingerprint density at radius 1 is 0.967 bits per heavy atom. The molecule has 0 unspecified atom stereocenters. The van der Waals surface area contributed by atoms with Gasteiger partial charge in [0, 0.05) is 37.1 Å². The number of para-hydroxylation sites is 1. The molecule has 0 radical (unpaired) electrons. The van der Waals surface area contributed by atoms with Gasteiger partial charge < -0.3 is 10.6 Å². The number of nitrogens with two attached hydrogens (primary N) is 1. The predicted molar refractivity (Wildman–Crippen MR) is 127 cm³/mol. The summed E-state index contributed by atoms with van der Waals surface area (Å²) in [5, 5.41) is 1.03. The Kier molecular flexibility index (Phi) is 5.01. The molecule has 2 N–H and O–H groups in total. The number of hydrogen-bond acceptors (Lipinski definition) is 5. The molecule has 0 amide bonds. The van der Waals surface area contributed by atoms with E-state index in [0.29, 0.717) is 6.04 Å². The number of aromatic nitrogens is 2. The summed E-state index contributed by atoms with van der Waals surface area (Å²) in [6, 6.07) is 15.3. The van der Waals surface area contributed by atoms with Crippen molar-refractivity contribution in [1.29, 1.82) is 0 Å². The number of piperidine rings is 1. The lowest BCUT2D eigenvalue weighted by Gasteiger charge is -2.34. The number of nitrogens with zero attached hydrogens (tertiary/aromatic N) is 3. The lowest BCUT2D eigenvalue weighted by atomic mass is 9.96. The van der Waals surface area contributed by atoms with Crippen molar-refractivity contribution in [2.45, 2.75) is 32.7 Å². The number of anilines is 1. The molecular weight excluding hydrogens is 388 g/mol. The fourth-order valence-corrected chi connectivity index (χ4v) is 5.38. The van der Waals surface area contributed by atoms with Crippen LogP contribution in [0.1, 0.15) is 24.0 Å². The smallest absolute Gasteiger partial charge is 0.128 e. The lowest BCUT2D eigenvalue weighted by Crippen LogP contribution is -2.40. The van der Waals surface area contributed by atoms with Gasteiger partial charge in [0.2, 0.25) is 0 Å². The maximum absolute atomic E-state index is 6.21. The molecule has 0 aliphatic carbocycles. The fourth-order valence-electron chi connectivity index (χ4n) is 4.40. The van der Waals surface area contributed by atoms with E-state index in [1.165, 1.54) is 32.6 Å². The van der Waals surface area contributed by atoms with E-state index in [-0.39, 0.29) is 0 Å². The maximum atomic E-state index is 6.21. The fraction of sp³-hybridized carbons (Fsp3) is 0.280. The largest absolute Gasteiger partial charge is 0.370 e. The highest BCUT2D eigenvalue weighted by Crippen LogP contribution is 2.42. The van der Waals surface area contributed by atoms with Crippen LogP contribution < -0.4 is 10.6 Å². The minimum Gasteiger partial charge on any atom is -0.370 e. The first-order valence-electron chi connectivity index (χ1n) is 10.5. The predicted octanol–water partition coefficient (Wildman–Crippen LogP) is 5.57. The van der Waals surface area contributed by atoms with E-state index in [2.05, 4.69) is 60.1 Å². The molecule has 5 rings (SSSR count). The number of fused-ring (bicyclic) bond motifs is 1. The van der Waals surface area contributed by atoms with Gasteiger partial charge in [0.15, 0.2) is 0 Å². The van der Waals surface area contributed by atoms with Crippen molar-refractivity contribution < 1.29 is 0 Å². The summed E-state index contributed by atoms with van der Waals surface area (Å²) in [5.74, 6) is 0. The second kappa shape index (κ2) is 7.82. The van der Waals surface area contributed by atoms with Crippen LogP contribution in [0, 0.1) is 13.8 Å². The van der Waals surface area contributed by atoms with Crippen LogP contribution in [0.15, 0.2) is 54.9 Å². The topological polar surface area (TPSA) is 55.0 Å². The molecule has 2 aromatic heterocycles. The van der Waals surface area contributed by atoms with Gasteiger partial charge in [-0.3, -0.25) is 4.98 Å². The zero-order chi connectivity index (χ0) is 20.7. The summed E-state index contributed by atoms with van der Waals surface area (Å²) in [7, 11) is 0. The van der Waals surface area contributed by atoms with Crippen LogP contribution in [0.5, 0.6) is 0 Å². The average molecular weight is 415 g/mol. The zero-order valence-electron chi connectivity index (χ0n) is 17.4. The molecule has 5 heteroatoms. The average Bonchev–Trinajstić information content (AvgIpc) is 3.17. The Bertz CT molecular complexity index is 1150. The second-order valence-electron chi connectivity index (χ2n) is 8.27. The SMILES string of the molecule is Cc1cc(C)cc(-c2cncc(-c3nc4ccccc4s3)c2N2CCC(N)CC2)c1. The first-order valence-corrected chi connectivity index (χ1v) is 11.3. The standard InChI is InChI=1S/C25H26N4S/c1-16-11-17(2)13-18(12-16)20-14-27-15-21(24(20)29-9-7-19(26)8-10-29)25-28-22-5-3-4-6-23(22)30-25/h3-6,11-15,19H,7-10,26H2,1-2H3. The summed E-state index contributed by atoms with van der Waals surface area (Å²) in [6.45, 7) is 6.23. The molecule has 2 aromatic carbocycles. The van der Waals surface area contributed by atoms with Crippen molar-refractivity contribution in [1.82, 2.24) is 9.97 Å². The van der Waals surface area contributed by atoms with Gasteiger partial charge in [-0.05, 0) is 44.4 Å². The molecule has 0 saturated carbocycles. The van der Waals surface area contributed by atoms with Gasteiger partial charge in [0.25, 0.3) is 0 Å². The summed E-state index contributed by atoms with van der Waals surface area (Å²) in [5.41, 5.74) is 14.5. The molecule has 0 atom stereocenters. The molecule has 1 saturated heterocycles. The van der Waals surface area contributed by atoms with Gasteiger partial charge in [0.1, 0.15) is 5.01 Å². The Labute approximate surface area is 181 Å². The molecule has 1 aliphatic rings. The van der Waals surface area contributed by atoms with Crippen LogP contribution in [0.25, 0.3) is 31.9 Å². The van der Waals surface area contributed by atoms with E-state index in [0.717, 1.165) is 42.0 Å². The van der Waals surface area contributed by atoms with E-state index in [1.807, 2.05) is 18.5 Å². The van der Waals surface area contributed by atoms with Crippen LogP contribution in [0.4, 0.5) is 5.69 Å². The lowest BCUT2D eigenvalue weighted by molar-refractivity contribution is 0.501. The maximum Gasteiger partial charge on any atom is 0.128 e. The number of thiazole rings is 1. The Balaban J connectivity index is 1.72. The number of pyridine rings is 1. The number of hydrogen-bond donors (Lipinski definition) is 1. The summed E-state index contributed by atoms with van der Waals surface area (Å²) < 4.78 is 1.20. The zero-order valence-corrected chi connectivity index (χ0v) is 18.2. The third-order valence-electron chi connectivity index (χ3n) is 5.83. The number of benzene rings is 2. The number of rotatable bonds is 3. The van der Waals surface area contributed by atoms with Crippen molar-refractivity contribution in [3.63, 3.8) is 0 Å². The highest BCUT2D eigenvalue weighted by Gasteiger charge is 2.24. The first-order chi connectivity index (χ1) is 14.6. The quantitative estimate of drug-likeness (QED) is 0.476. The highest BCUT2D eigenvalue weighted by atomic mass is 32.1. The van der Waals surface area contributed by atoms with E-state index in [4.69, 9.17) is 10.7 Å². The van der Waals surface area contributed by atoms with E-state index in [1.54, 1.807) is 11.3 Å². The monoisotopic (exact) mass is 414 g/mol. The molecule has 4 aromatic rings. The molecular formula is C25H26N4S. The third-order valence-corrected chi connectivity index (χ3v) is 6.90. The second-order valence-corrected chi connectivity index (χ2v) is 9.30. The molecule has 3 heterocycles. The van der Waals surface area contributed by atoms with E-state index < -0.39 is 0 Å². The van der Waals surface area contributed by atoms with Crippen LogP contribution >= 0.6 is 11.3 Å². The summed E-state index contributed by atoms with van der Waals surface area (Å²) in [6.07, 6.45) is 6.00.